The minimum Gasteiger partial charge on any atom is -0.456 e. The van der Waals surface area contributed by atoms with E-state index in [9.17, 15) is 0 Å². The van der Waals surface area contributed by atoms with Crippen LogP contribution in [0.4, 0.5) is 17.1 Å². The second kappa shape index (κ2) is 14.6. The molecule has 0 saturated heterocycles. The normalized spacial score (nSPS) is 12.8. The fourth-order valence-electron chi connectivity index (χ4n) is 10.6. The van der Waals surface area contributed by atoms with Crippen LogP contribution in [0, 0.1) is 0 Å². The average Bonchev–Trinajstić information content (AvgIpc) is 4.03. The van der Waals surface area contributed by atoms with Gasteiger partial charge in [0.2, 0.25) is 0 Å². The zero-order valence-electron chi connectivity index (χ0n) is 34.8. The van der Waals surface area contributed by atoms with E-state index in [4.69, 9.17) is 4.42 Å². The molecule has 3 heteroatoms. The Morgan fingerprint density at radius 3 is 1.83 bits per heavy atom. The molecule has 0 atom stereocenters. The van der Waals surface area contributed by atoms with Gasteiger partial charge in [0.15, 0.2) is 0 Å². The van der Waals surface area contributed by atoms with Crippen LogP contribution >= 0.6 is 11.3 Å². The molecule has 10 aromatic carbocycles. The highest BCUT2D eigenvalue weighted by Crippen LogP contribution is 2.59. The predicted octanol–water partition coefficient (Wildman–Crippen LogP) is 17.1. The van der Waals surface area contributed by atoms with E-state index in [-0.39, 0.29) is 0 Å². The molecule has 0 radical (unpaired) electrons. The molecule has 1 aliphatic carbocycles. The Labute approximate surface area is 375 Å². The van der Waals surface area contributed by atoms with Gasteiger partial charge in [0, 0.05) is 47.9 Å². The van der Waals surface area contributed by atoms with E-state index < -0.39 is 5.41 Å². The summed E-state index contributed by atoms with van der Waals surface area (Å²) in [4.78, 5) is 2.47. The zero-order valence-corrected chi connectivity index (χ0v) is 35.6. The van der Waals surface area contributed by atoms with Gasteiger partial charge in [-0.3, -0.25) is 0 Å². The first-order chi connectivity index (χ1) is 31.7. The molecule has 2 nitrogen and oxygen atoms in total. The third-order valence-corrected chi connectivity index (χ3v) is 14.6. The van der Waals surface area contributed by atoms with Crippen molar-refractivity contribution in [3.05, 3.63) is 259 Å². The zero-order chi connectivity index (χ0) is 42.2. The van der Waals surface area contributed by atoms with E-state index in [2.05, 4.69) is 229 Å². The van der Waals surface area contributed by atoms with Crippen molar-refractivity contribution in [2.24, 2.45) is 0 Å². The van der Waals surface area contributed by atoms with Gasteiger partial charge in [-0.25, -0.2) is 0 Å². The molecule has 0 amide bonds. The molecule has 0 aliphatic heterocycles. The highest BCUT2D eigenvalue weighted by Gasteiger charge is 2.47. The summed E-state index contributed by atoms with van der Waals surface area (Å²) < 4.78 is 8.94. The molecule has 12 aromatic rings. The number of anilines is 3. The monoisotopic (exact) mass is 833 g/mol. The van der Waals surface area contributed by atoms with E-state index >= 15 is 0 Å². The predicted molar refractivity (Wildman–Crippen MR) is 269 cm³/mol. The Morgan fingerprint density at radius 2 is 1.00 bits per heavy atom. The smallest absolute Gasteiger partial charge is 0.136 e. The van der Waals surface area contributed by atoms with Crippen molar-refractivity contribution in [1.82, 2.24) is 0 Å². The molecule has 2 aromatic heterocycles. The quantitative estimate of drug-likeness (QED) is 0.159. The number of furan rings is 1. The summed E-state index contributed by atoms with van der Waals surface area (Å²) in [7, 11) is 0. The van der Waals surface area contributed by atoms with Gasteiger partial charge in [-0.2, -0.15) is 0 Å². The van der Waals surface area contributed by atoms with Gasteiger partial charge in [0.1, 0.15) is 11.2 Å². The van der Waals surface area contributed by atoms with Crippen molar-refractivity contribution in [1.29, 1.82) is 0 Å². The average molecular weight is 834 g/mol. The topological polar surface area (TPSA) is 16.4 Å². The van der Waals surface area contributed by atoms with E-state index in [0.29, 0.717) is 0 Å². The standard InChI is InChI=1S/C61H39NOS/c1-3-17-43(18-4-1)61(44-19-5-2-6-20-44)53-27-10-7-24-52(53)59-54(61)28-15-29-55(59)62(45-35-32-40(33-36-45)41-34-37-49-48-22-8-11-30-56(48)63-57(49)39-41)46-21-13-16-42(38-46)47-25-14-26-51-50-23-9-12-31-58(50)64-60(47)51/h1-39H. The molecule has 300 valence electrons. The highest BCUT2D eigenvalue weighted by atomic mass is 32.1. The first-order valence-electron chi connectivity index (χ1n) is 21.9. The van der Waals surface area contributed by atoms with Crippen LogP contribution in [0.1, 0.15) is 22.3 Å². The summed E-state index contributed by atoms with van der Waals surface area (Å²) >= 11 is 1.88. The lowest BCUT2D eigenvalue weighted by Crippen LogP contribution is -2.28. The molecule has 0 spiro atoms. The minimum atomic E-state index is -0.520. The Morgan fingerprint density at radius 1 is 0.375 bits per heavy atom. The molecular weight excluding hydrogens is 795 g/mol. The van der Waals surface area contributed by atoms with Gasteiger partial charge >= 0.3 is 0 Å². The van der Waals surface area contributed by atoms with E-state index in [1.54, 1.807) is 0 Å². The maximum absolute atomic E-state index is 6.33. The van der Waals surface area contributed by atoms with Crippen molar-refractivity contribution in [3.8, 4) is 33.4 Å². The van der Waals surface area contributed by atoms with Crippen molar-refractivity contribution >= 4 is 70.5 Å². The number of hydrogen-bond acceptors (Lipinski definition) is 3. The van der Waals surface area contributed by atoms with Crippen LogP contribution in [-0.4, -0.2) is 0 Å². The van der Waals surface area contributed by atoms with E-state index in [1.165, 1.54) is 64.7 Å². The minimum absolute atomic E-state index is 0.520. The fraction of sp³-hybridized carbons (Fsp3) is 0.0164. The number of para-hydroxylation sites is 1. The van der Waals surface area contributed by atoms with Crippen LogP contribution in [0.2, 0.25) is 0 Å². The van der Waals surface area contributed by atoms with Gasteiger partial charge in [-0.05, 0) is 105 Å². The second-order valence-corrected chi connectivity index (χ2v) is 17.8. The Bertz CT molecular complexity index is 3690. The third-order valence-electron chi connectivity index (χ3n) is 13.4. The van der Waals surface area contributed by atoms with Crippen LogP contribution in [0.25, 0.3) is 75.5 Å². The van der Waals surface area contributed by atoms with Crippen molar-refractivity contribution in [2.45, 2.75) is 5.41 Å². The van der Waals surface area contributed by atoms with Gasteiger partial charge < -0.3 is 9.32 Å². The molecule has 1 aliphatic rings. The molecule has 64 heavy (non-hydrogen) atoms. The molecule has 0 unspecified atom stereocenters. The van der Waals surface area contributed by atoms with E-state index in [0.717, 1.165) is 50.1 Å². The lowest BCUT2D eigenvalue weighted by molar-refractivity contribution is 0.669. The molecule has 0 N–H and O–H groups in total. The maximum atomic E-state index is 6.33. The molecule has 0 fully saturated rings. The first kappa shape index (κ1) is 36.7. The second-order valence-electron chi connectivity index (χ2n) is 16.7. The SMILES string of the molecule is c1ccc(C2(c3ccccc3)c3ccccc3-c3c(N(c4ccc(-c5ccc6c(c5)oc5ccccc56)cc4)c4cccc(-c5cccc6c5sc5ccccc56)c4)cccc32)cc1. The van der Waals surface area contributed by atoms with Crippen LogP contribution in [0.5, 0.6) is 0 Å². The first-order valence-corrected chi connectivity index (χ1v) is 22.7. The number of thiophene rings is 1. The van der Waals surface area contributed by atoms with Gasteiger partial charge in [0.05, 0.1) is 11.1 Å². The van der Waals surface area contributed by atoms with Gasteiger partial charge in [-0.1, -0.05) is 182 Å². The molecule has 0 bridgehead atoms. The van der Waals surface area contributed by atoms with Crippen LogP contribution in [-0.2, 0) is 5.41 Å². The number of nitrogens with zero attached hydrogens (tertiary/aromatic N) is 1. The highest BCUT2D eigenvalue weighted by molar-refractivity contribution is 7.26. The molecule has 2 heterocycles. The molecule has 13 rings (SSSR count). The van der Waals surface area contributed by atoms with Gasteiger partial charge in [-0.15, -0.1) is 11.3 Å². The van der Waals surface area contributed by atoms with Crippen molar-refractivity contribution in [2.75, 3.05) is 4.90 Å². The molecule has 0 saturated carbocycles. The lowest BCUT2D eigenvalue weighted by atomic mass is 9.68. The maximum Gasteiger partial charge on any atom is 0.136 e. The largest absolute Gasteiger partial charge is 0.456 e. The van der Waals surface area contributed by atoms with E-state index in [1.807, 2.05) is 23.5 Å². The Hall–Kier alpha value is -7.98. The number of benzene rings is 10. The summed E-state index contributed by atoms with van der Waals surface area (Å²) in [6.07, 6.45) is 0. The van der Waals surface area contributed by atoms with Crippen LogP contribution in [0.3, 0.4) is 0 Å². The number of fused-ring (bicyclic) bond motifs is 9. The third kappa shape index (κ3) is 5.51. The lowest BCUT2D eigenvalue weighted by Gasteiger charge is -2.34. The van der Waals surface area contributed by atoms with Gasteiger partial charge in [0.25, 0.3) is 0 Å². The van der Waals surface area contributed by atoms with Crippen LogP contribution in [0.15, 0.2) is 241 Å². The number of rotatable bonds is 7. The Kier molecular flexibility index (Phi) is 8.34. The summed E-state index contributed by atoms with van der Waals surface area (Å²) in [6.45, 7) is 0. The number of hydrogen-bond donors (Lipinski definition) is 0. The van der Waals surface area contributed by atoms with Crippen molar-refractivity contribution in [3.63, 3.8) is 0 Å². The van der Waals surface area contributed by atoms with Crippen LogP contribution < -0.4 is 4.90 Å². The Balaban J connectivity index is 1.03. The summed E-state index contributed by atoms with van der Waals surface area (Å²) in [6, 6.07) is 86.6. The van der Waals surface area contributed by atoms with Crippen molar-refractivity contribution < 1.29 is 4.42 Å². The summed E-state index contributed by atoms with van der Waals surface area (Å²) in [5.41, 5.74) is 16.8. The summed E-state index contributed by atoms with van der Waals surface area (Å²) in [5.74, 6) is 0. The summed E-state index contributed by atoms with van der Waals surface area (Å²) in [5, 5.41) is 4.88. The fourth-order valence-corrected chi connectivity index (χ4v) is 11.8. The molecular formula is C61H39NOS.